The highest BCUT2D eigenvalue weighted by Crippen LogP contribution is 2.20. The van der Waals surface area contributed by atoms with Crippen molar-refractivity contribution in [3.63, 3.8) is 0 Å². The van der Waals surface area contributed by atoms with Crippen molar-refractivity contribution in [2.45, 2.75) is 26.3 Å². The van der Waals surface area contributed by atoms with Gasteiger partial charge in [-0.25, -0.2) is 0 Å². The van der Waals surface area contributed by atoms with Gasteiger partial charge in [-0.05, 0) is 31.5 Å². The summed E-state index contributed by atoms with van der Waals surface area (Å²) >= 11 is 0. The van der Waals surface area contributed by atoms with Crippen LogP contribution < -0.4 is 5.32 Å². The lowest BCUT2D eigenvalue weighted by Crippen LogP contribution is -2.13. The van der Waals surface area contributed by atoms with Gasteiger partial charge >= 0.3 is 0 Å². The molecule has 0 aliphatic carbocycles. The topological polar surface area (TPSA) is 40.7 Å². The summed E-state index contributed by atoms with van der Waals surface area (Å²) in [5.74, 6) is 0. The Kier molecular flexibility index (Phi) is 3.25. The van der Waals surface area contributed by atoms with E-state index in [1.165, 1.54) is 0 Å². The minimum Gasteiger partial charge on any atom is -0.383 e. The minimum absolute atomic E-state index is 0.497. The van der Waals surface area contributed by atoms with Crippen LogP contribution in [0.15, 0.2) is 36.5 Å². The molecular weight excluding hydrogens is 198 g/mol. The highest BCUT2D eigenvalue weighted by Gasteiger charge is 2.02. The maximum Gasteiger partial charge on any atom is 0.0650 e. The molecule has 1 aromatic carbocycles. The number of hydrogen-bond donors (Lipinski definition) is 2. The van der Waals surface area contributed by atoms with E-state index in [0.29, 0.717) is 6.04 Å². The van der Waals surface area contributed by atoms with E-state index in [9.17, 15) is 0 Å². The van der Waals surface area contributed by atoms with Crippen LogP contribution >= 0.6 is 0 Å². The molecule has 0 radical (unpaired) electrons. The van der Waals surface area contributed by atoms with Gasteiger partial charge in [0.25, 0.3) is 0 Å². The van der Waals surface area contributed by atoms with E-state index in [2.05, 4.69) is 53.6 Å². The van der Waals surface area contributed by atoms with Crippen LogP contribution in [-0.4, -0.2) is 16.2 Å². The van der Waals surface area contributed by atoms with Gasteiger partial charge in [0.1, 0.15) is 0 Å². The minimum atomic E-state index is 0.497. The van der Waals surface area contributed by atoms with E-state index in [1.807, 2.05) is 6.07 Å². The number of benzene rings is 1. The maximum absolute atomic E-state index is 3.96. The Morgan fingerprint density at radius 2 is 2.25 bits per heavy atom. The summed E-state index contributed by atoms with van der Waals surface area (Å²) in [5, 5.41) is 10.4. The number of aromatic nitrogens is 2. The van der Waals surface area contributed by atoms with Crippen molar-refractivity contribution in [1.82, 2.24) is 10.2 Å². The van der Waals surface area contributed by atoms with Crippen molar-refractivity contribution >= 4 is 5.69 Å². The van der Waals surface area contributed by atoms with E-state index in [4.69, 9.17) is 0 Å². The van der Waals surface area contributed by atoms with Crippen molar-refractivity contribution in [1.29, 1.82) is 0 Å². The van der Waals surface area contributed by atoms with Gasteiger partial charge in [0.15, 0.2) is 0 Å². The first-order valence-corrected chi connectivity index (χ1v) is 5.66. The standard InChI is InChI=1S/C13H17N3/c1-3-10(2)15-12-6-4-5-11(9-12)13-7-8-14-16-13/h4-10,15H,3H2,1-2H3,(H,14,16). The summed E-state index contributed by atoms with van der Waals surface area (Å²) in [6.45, 7) is 4.36. The average Bonchev–Trinajstić information content (AvgIpc) is 2.83. The second-order valence-corrected chi connectivity index (χ2v) is 4.00. The lowest BCUT2D eigenvalue weighted by Gasteiger charge is -2.13. The molecule has 0 spiro atoms. The predicted molar refractivity (Wildman–Crippen MR) is 67.4 cm³/mol. The number of rotatable bonds is 4. The highest BCUT2D eigenvalue weighted by atomic mass is 15.1. The maximum atomic E-state index is 3.96. The molecule has 1 unspecified atom stereocenters. The Morgan fingerprint density at radius 3 is 2.94 bits per heavy atom. The number of nitrogens with one attached hydrogen (secondary N) is 2. The Morgan fingerprint density at radius 1 is 1.38 bits per heavy atom. The molecular formula is C13H17N3. The van der Waals surface area contributed by atoms with Crippen molar-refractivity contribution < 1.29 is 0 Å². The number of hydrogen-bond acceptors (Lipinski definition) is 2. The lowest BCUT2D eigenvalue weighted by atomic mass is 10.1. The molecule has 1 atom stereocenters. The molecule has 3 nitrogen and oxygen atoms in total. The van der Waals surface area contributed by atoms with E-state index < -0.39 is 0 Å². The fourth-order valence-corrected chi connectivity index (χ4v) is 1.58. The van der Waals surface area contributed by atoms with Gasteiger partial charge in [-0.2, -0.15) is 5.10 Å². The van der Waals surface area contributed by atoms with Gasteiger partial charge in [0.2, 0.25) is 0 Å². The van der Waals surface area contributed by atoms with E-state index >= 15 is 0 Å². The van der Waals surface area contributed by atoms with Crippen LogP contribution in [0.4, 0.5) is 5.69 Å². The first-order chi connectivity index (χ1) is 7.79. The normalized spacial score (nSPS) is 12.4. The van der Waals surface area contributed by atoms with Crippen LogP contribution in [0.25, 0.3) is 11.3 Å². The third-order valence-corrected chi connectivity index (χ3v) is 2.70. The highest BCUT2D eigenvalue weighted by molar-refractivity contribution is 5.64. The summed E-state index contributed by atoms with van der Waals surface area (Å²) in [5.41, 5.74) is 3.36. The summed E-state index contributed by atoms with van der Waals surface area (Å²) < 4.78 is 0. The van der Waals surface area contributed by atoms with Crippen molar-refractivity contribution in [2.24, 2.45) is 0 Å². The average molecular weight is 215 g/mol. The second-order valence-electron chi connectivity index (χ2n) is 4.00. The molecule has 2 aromatic rings. The van der Waals surface area contributed by atoms with Crippen LogP contribution in [0.2, 0.25) is 0 Å². The SMILES string of the molecule is CCC(C)Nc1cccc(-c2ccn[nH]2)c1. The van der Waals surface area contributed by atoms with E-state index in [1.54, 1.807) is 6.20 Å². The molecule has 0 aliphatic rings. The molecule has 0 saturated carbocycles. The quantitative estimate of drug-likeness (QED) is 0.821. The number of aromatic amines is 1. The fraction of sp³-hybridized carbons (Fsp3) is 0.308. The molecule has 2 rings (SSSR count). The number of anilines is 1. The summed E-state index contributed by atoms with van der Waals surface area (Å²) in [6, 6.07) is 10.8. The summed E-state index contributed by atoms with van der Waals surface area (Å²) in [7, 11) is 0. The first kappa shape index (κ1) is 10.7. The van der Waals surface area contributed by atoms with Gasteiger partial charge in [-0.3, -0.25) is 5.10 Å². The largest absolute Gasteiger partial charge is 0.383 e. The van der Waals surface area contributed by atoms with Crippen molar-refractivity contribution in [2.75, 3.05) is 5.32 Å². The van der Waals surface area contributed by atoms with E-state index in [0.717, 1.165) is 23.4 Å². The Bertz CT molecular complexity index is 434. The van der Waals surface area contributed by atoms with Gasteiger partial charge in [0.05, 0.1) is 5.69 Å². The number of nitrogens with zero attached hydrogens (tertiary/aromatic N) is 1. The molecule has 0 fully saturated rings. The number of H-pyrrole nitrogens is 1. The van der Waals surface area contributed by atoms with Gasteiger partial charge in [-0.15, -0.1) is 0 Å². The molecule has 0 saturated heterocycles. The van der Waals surface area contributed by atoms with Gasteiger partial charge < -0.3 is 5.32 Å². The van der Waals surface area contributed by atoms with E-state index in [-0.39, 0.29) is 0 Å². The fourth-order valence-electron chi connectivity index (χ4n) is 1.58. The van der Waals surface area contributed by atoms with Crippen molar-refractivity contribution in [3.05, 3.63) is 36.5 Å². The Hall–Kier alpha value is -1.77. The van der Waals surface area contributed by atoms with Crippen LogP contribution in [0.5, 0.6) is 0 Å². The zero-order valence-corrected chi connectivity index (χ0v) is 9.70. The molecule has 1 aromatic heterocycles. The summed E-state index contributed by atoms with van der Waals surface area (Å²) in [4.78, 5) is 0. The predicted octanol–water partition coefficient (Wildman–Crippen LogP) is 3.29. The Balaban J connectivity index is 2.20. The van der Waals surface area contributed by atoms with Crippen LogP contribution in [-0.2, 0) is 0 Å². The zero-order valence-electron chi connectivity index (χ0n) is 9.70. The van der Waals surface area contributed by atoms with Crippen LogP contribution in [0.1, 0.15) is 20.3 Å². The van der Waals surface area contributed by atoms with Crippen LogP contribution in [0.3, 0.4) is 0 Å². The van der Waals surface area contributed by atoms with Gasteiger partial charge in [-0.1, -0.05) is 19.1 Å². The molecule has 16 heavy (non-hydrogen) atoms. The molecule has 0 bridgehead atoms. The van der Waals surface area contributed by atoms with Crippen molar-refractivity contribution in [3.8, 4) is 11.3 Å². The zero-order chi connectivity index (χ0) is 11.4. The van der Waals surface area contributed by atoms with Gasteiger partial charge in [0, 0.05) is 23.5 Å². The molecule has 2 N–H and O–H groups in total. The summed E-state index contributed by atoms with van der Waals surface area (Å²) in [6.07, 6.45) is 2.89. The molecule has 3 heteroatoms. The monoisotopic (exact) mass is 215 g/mol. The lowest BCUT2D eigenvalue weighted by molar-refractivity contribution is 0.764. The van der Waals surface area contributed by atoms with Crippen LogP contribution in [0, 0.1) is 0 Å². The third kappa shape index (κ3) is 2.42. The molecule has 0 aliphatic heterocycles. The first-order valence-electron chi connectivity index (χ1n) is 5.66. The molecule has 84 valence electrons. The third-order valence-electron chi connectivity index (χ3n) is 2.70. The Labute approximate surface area is 95.9 Å². The molecule has 0 amide bonds. The smallest absolute Gasteiger partial charge is 0.0650 e. The second kappa shape index (κ2) is 4.84. The molecule has 1 heterocycles.